The van der Waals surface area contributed by atoms with Gasteiger partial charge in [0, 0.05) is 0 Å². The van der Waals surface area contributed by atoms with E-state index in [-0.39, 0.29) is 0 Å². The van der Waals surface area contributed by atoms with Crippen LogP contribution in [0.15, 0.2) is 36.5 Å². The van der Waals surface area contributed by atoms with Gasteiger partial charge in [-0.2, -0.15) is 5.10 Å². The van der Waals surface area contributed by atoms with E-state index in [4.69, 9.17) is 5.11 Å². The van der Waals surface area contributed by atoms with Gasteiger partial charge in [0.05, 0.1) is 23.1 Å². The van der Waals surface area contributed by atoms with Gasteiger partial charge in [-0.1, -0.05) is 18.2 Å². The predicted octanol–water partition coefficient (Wildman–Crippen LogP) is 1.38. The molecule has 0 aliphatic heterocycles. The van der Waals surface area contributed by atoms with Crippen molar-refractivity contribution in [3.05, 3.63) is 47.8 Å². The summed E-state index contributed by atoms with van der Waals surface area (Å²) in [6, 6.07) is 8.46. The van der Waals surface area contributed by atoms with E-state index >= 15 is 0 Å². The van der Waals surface area contributed by atoms with Gasteiger partial charge in [-0.3, -0.25) is 9.59 Å². The number of aliphatic carboxylic acids is 1. The summed E-state index contributed by atoms with van der Waals surface area (Å²) < 4.78 is 1.64. The number of nitrogens with zero attached hydrogens (tertiary/aromatic N) is 2. The number of hydrogen-bond acceptors (Lipinski definition) is 3. The Morgan fingerprint density at radius 2 is 1.95 bits per heavy atom. The average Bonchev–Trinajstić information content (AvgIpc) is 2.81. The molecule has 20 heavy (non-hydrogen) atoms. The van der Waals surface area contributed by atoms with Crippen molar-refractivity contribution >= 4 is 11.9 Å². The van der Waals surface area contributed by atoms with Gasteiger partial charge < -0.3 is 10.4 Å². The first-order valence-electron chi connectivity index (χ1n) is 6.14. The fourth-order valence-corrected chi connectivity index (χ4v) is 1.80. The maximum Gasteiger partial charge on any atom is 0.325 e. The molecular formula is C14H15N3O3. The van der Waals surface area contributed by atoms with E-state index in [0.717, 1.165) is 5.69 Å². The minimum absolute atomic E-state index is 0.363. The molecule has 0 fully saturated rings. The summed E-state index contributed by atoms with van der Waals surface area (Å²) in [5.74, 6) is -1.52. The summed E-state index contributed by atoms with van der Waals surface area (Å²) in [5.41, 5.74) is 1.86. The van der Waals surface area contributed by atoms with E-state index in [0.29, 0.717) is 11.3 Å². The minimum atomic E-state index is -1.08. The molecule has 0 spiro atoms. The molecular weight excluding hydrogens is 258 g/mol. The number of para-hydroxylation sites is 1. The Balaban J connectivity index is 2.25. The zero-order valence-corrected chi connectivity index (χ0v) is 11.2. The topological polar surface area (TPSA) is 84.2 Å². The highest BCUT2D eigenvalue weighted by Crippen LogP contribution is 2.13. The van der Waals surface area contributed by atoms with E-state index in [1.807, 2.05) is 30.3 Å². The van der Waals surface area contributed by atoms with Crippen LogP contribution in [0.5, 0.6) is 0 Å². The number of carbonyl (C=O) groups is 2. The Morgan fingerprint density at radius 3 is 2.55 bits per heavy atom. The van der Waals surface area contributed by atoms with Crippen LogP contribution in [-0.4, -0.2) is 32.8 Å². The lowest BCUT2D eigenvalue weighted by molar-refractivity contribution is -0.138. The highest BCUT2D eigenvalue weighted by Gasteiger charge is 2.19. The van der Waals surface area contributed by atoms with Gasteiger partial charge in [-0.25, -0.2) is 4.68 Å². The first kappa shape index (κ1) is 13.8. The van der Waals surface area contributed by atoms with Crippen LogP contribution in [0, 0.1) is 6.92 Å². The molecule has 2 N–H and O–H groups in total. The second-order valence-electron chi connectivity index (χ2n) is 4.42. The molecule has 1 unspecified atom stereocenters. The van der Waals surface area contributed by atoms with E-state index in [9.17, 15) is 9.59 Å². The van der Waals surface area contributed by atoms with Crippen molar-refractivity contribution in [2.75, 3.05) is 0 Å². The Bertz CT molecular complexity index is 634. The second-order valence-corrected chi connectivity index (χ2v) is 4.42. The molecule has 6 nitrogen and oxygen atoms in total. The SMILES string of the molecule is Cc1c(C(=O)NC(C)C(=O)O)cnn1-c1ccccc1. The summed E-state index contributed by atoms with van der Waals surface area (Å²) in [6.45, 7) is 3.18. The van der Waals surface area contributed by atoms with Crippen LogP contribution in [0.25, 0.3) is 5.69 Å². The normalized spacial score (nSPS) is 11.9. The fraction of sp³-hybridized carbons (Fsp3) is 0.214. The van der Waals surface area contributed by atoms with Crippen LogP contribution in [-0.2, 0) is 4.79 Å². The summed E-state index contributed by atoms with van der Waals surface area (Å²) in [4.78, 5) is 22.7. The standard InChI is InChI=1S/C14H15N3O3/c1-9(14(19)20)16-13(18)12-8-15-17(10(12)2)11-6-4-3-5-7-11/h3-9H,1-2H3,(H,16,18)(H,19,20). The molecule has 2 aromatic rings. The Labute approximate surface area is 116 Å². The van der Waals surface area contributed by atoms with E-state index in [1.165, 1.54) is 13.1 Å². The summed E-state index contributed by atoms with van der Waals surface area (Å²) in [5, 5.41) is 15.4. The number of benzene rings is 1. The Morgan fingerprint density at radius 1 is 1.30 bits per heavy atom. The van der Waals surface area contributed by atoms with Crippen molar-refractivity contribution in [2.45, 2.75) is 19.9 Å². The molecule has 1 aromatic heterocycles. The molecule has 104 valence electrons. The molecule has 0 radical (unpaired) electrons. The highest BCUT2D eigenvalue weighted by atomic mass is 16.4. The molecule has 0 aliphatic carbocycles. The van der Waals surface area contributed by atoms with Crippen LogP contribution in [0.2, 0.25) is 0 Å². The third kappa shape index (κ3) is 2.69. The summed E-state index contributed by atoms with van der Waals surface area (Å²) in [7, 11) is 0. The number of hydrogen-bond donors (Lipinski definition) is 2. The number of carbonyl (C=O) groups excluding carboxylic acids is 1. The lowest BCUT2D eigenvalue weighted by Crippen LogP contribution is -2.38. The number of amides is 1. The van der Waals surface area contributed by atoms with E-state index in [2.05, 4.69) is 10.4 Å². The molecule has 1 heterocycles. The van der Waals surface area contributed by atoms with Gasteiger partial charge >= 0.3 is 5.97 Å². The van der Waals surface area contributed by atoms with Crippen LogP contribution in [0.1, 0.15) is 23.0 Å². The van der Waals surface area contributed by atoms with Crippen molar-refractivity contribution in [1.29, 1.82) is 0 Å². The number of nitrogens with one attached hydrogen (secondary N) is 1. The number of aromatic nitrogens is 2. The third-order valence-electron chi connectivity index (χ3n) is 2.97. The van der Waals surface area contributed by atoms with Crippen molar-refractivity contribution in [2.24, 2.45) is 0 Å². The molecule has 0 saturated carbocycles. The maximum absolute atomic E-state index is 12.0. The van der Waals surface area contributed by atoms with Crippen LogP contribution >= 0.6 is 0 Å². The molecule has 1 amide bonds. The monoisotopic (exact) mass is 273 g/mol. The van der Waals surface area contributed by atoms with Gasteiger partial charge in [0.1, 0.15) is 6.04 Å². The van der Waals surface area contributed by atoms with Gasteiger partial charge in [0.2, 0.25) is 0 Å². The van der Waals surface area contributed by atoms with Crippen LogP contribution < -0.4 is 5.32 Å². The van der Waals surface area contributed by atoms with E-state index < -0.39 is 17.9 Å². The smallest absolute Gasteiger partial charge is 0.325 e. The van der Waals surface area contributed by atoms with Gasteiger partial charge in [-0.15, -0.1) is 0 Å². The Hall–Kier alpha value is -2.63. The van der Waals surface area contributed by atoms with Gasteiger partial charge in [0.25, 0.3) is 5.91 Å². The van der Waals surface area contributed by atoms with Crippen molar-refractivity contribution < 1.29 is 14.7 Å². The lowest BCUT2D eigenvalue weighted by atomic mass is 10.2. The van der Waals surface area contributed by atoms with Crippen LogP contribution in [0.3, 0.4) is 0 Å². The molecule has 6 heteroatoms. The maximum atomic E-state index is 12.0. The van der Waals surface area contributed by atoms with Crippen molar-refractivity contribution in [1.82, 2.24) is 15.1 Å². The quantitative estimate of drug-likeness (QED) is 0.881. The molecule has 0 saturated heterocycles. The first-order valence-corrected chi connectivity index (χ1v) is 6.14. The van der Waals surface area contributed by atoms with Crippen molar-refractivity contribution in [3.8, 4) is 5.69 Å². The number of rotatable bonds is 4. The molecule has 0 bridgehead atoms. The molecule has 1 aromatic carbocycles. The van der Waals surface area contributed by atoms with Gasteiger partial charge in [0.15, 0.2) is 0 Å². The Kier molecular flexibility index (Phi) is 3.84. The largest absolute Gasteiger partial charge is 0.480 e. The fourth-order valence-electron chi connectivity index (χ4n) is 1.80. The summed E-state index contributed by atoms with van der Waals surface area (Å²) >= 11 is 0. The van der Waals surface area contributed by atoms with E-state index in [1.54, 1.807) is 11.6 Å². The first-order chi connectivity index (χ1) is 9.50. The second kappa shape index (κ2) is 5.56. The van der Waals surface area contributed by atoms with Crippen LogP contribution in [0.4, 0.5) is 0 Å². The van der Waals surface area contributed by atoms with Crippen molar-refractivity contribution in [3.63, 3.8) is 0 Å². The third-order valence-corrected chi connectivity index (χ3v) is 2.97. The molecule has 0 aliphatic rings. The van der Waals surface area contributed by atoms with Gasteiger partial charge in [-0.05, 0) is 26.0 Å². The minimum Gasteiger partial charge on any atom is -0.480 e. The highest BCUT2D eigenvalue weighted by molar-refractivity contribution is 5.97. The summed E-state index contributed by atoms with van der Waals surface area (Å²) in [6.07, 6.45) is 1.44. The number of carboxylic acids is 1. The zero-order chi connectivity index (χ0) is 14.7. The average molecular weight is 273 g/mol. The molecule has 1 atom stereocenters. The predicted molar refractivity (Wildman–Crippen MR) is 72.9 cm³/mol. The molecule has 2 rings (SSSR count). The number of carboxylic acid groups (broad SMARTS) is 1. The lowest BCUT2D eigenvalue weighted by Gasteiger charge is -2.09. The zero-order valence-electron chi connectivity index (χ0n) is 11.2.